The van der Waals surface area contributed by atoms with Gasteiger partial charge < -0.3 is 0 Å². The molecule has 0 spiro atoms. The summed E-state index contributed by atoms with van der Waals surface area (Å²) in [7, 11) is 0. The first kappa shape index (κ1) is 13.9. The molecule has 0 aliphatic rings. The van der Waals surface area contributed by atoms with E-state index < -0.39 is 23.6 Å². The van der Waals surface area contributed by atoms with Gasteiger partial charge in [-0.05, 0) is 29.7 Å². The zero-order valence-corrected chi connectivity index (χ0v) is 9.48. The summed E-state index contributed by atoms with van der Waals surface area (Å²) >= 11 is 0. The van der Waals surface area contributed by atoms with Gasteiger partial charge >= 0.3 is 6.18 Å². The zero-order valence-electron chi connectivity index (χ0n) is 9.48. The highest BCUT2D eigenvalue weighted by atomic mass is 19.4. The Hall–Kier alpha value is -1.14. The quantitative estimate of drug-likeness (QED) is 0.491. The van der Waals surface area contributed by atoms with Crippen molar-refractivity contribution >= 4 is 0 Å². The molecular weight excluding hydrogens is 236 g/mol. The van der Waals surface area contributed by atoms with Crippen molar-refractivity contribution in [2.45, 2.75) is 26.1 Å². The minimum absolute atomic E-state index is 0.171. The molecule has 0 aliphatic heterocycles. The van der Waals surface area contributed by atoms with Crippen LogP contribution in [0.4, 0.5) is 17.6 Å². The van der Waals surface area contributed by atoms with Gasteiger partial charge in [0.1, 0.15) is 5.82 Å². The normalized spacial score (nSPS) is 14.1. The van der Waals surface area contributed by atoms with Crippen molar-refractivity contribution in [3.05, 3.63) is 35.1 Å². The summed E-state index contributed by atoms with van der Waals surface area (Å²) in [6.45, 7) is 3.41. The summed E-state index contributed by atoms with van der Waals surface area (Å²) in [6.07, 6.45) is -4.52. The van der Waals surface area contributed by atoms with Crippen molar-refractivity contribution in [1.82, 2.24) is 5.43 Å². The molecule has 0 fully saturated rings. The van der Waals surface area contributed by atoms with Gasteiger partial charge in [-0.15, -0.1) is 0 Å². The largest absolute Gasteiger partial charge is 0.416 e. The fraction of sp³-hybridized carbons (Fsp3) is 0.455. The van der Waals surface area contributed by atoms with Gasteiger partial charge in [-0.1, -0.05) is 13.8 Å². The summed E-state index contributed by atoms with van der Waals surface area (Å²) in [5.41, 5.74) is 1.25. The second-order valence-electron chi connectivity index (χ2n) is 4.12. The van der Waals surface area contributed by atoms with Crippen molar-refractivity contribution in [3.63, 3.8) is 0 Å². The first-order valence-electron chi connectivity index (χ1n) is 5.10. The highest BCUT2D eigenvalue weighted by Gasteiger charge is 2.35. The Labute approximate surface area is 96.8 Å². The molecule has 0 amide bonds. The van der Waals surface area contributed by atoms with Crippen molar-refractivity contribution in [2.24, 2.45) is 11.8 Å². The van der Waals surface area contributed by atoms with Crippen molar-refractivity contribution < 1.29 is 17.6 Å². The maximum absolute atomic E-state index is 13.1. The Bertz CT molecular complexity index is 388. The summed E-state index contributed by atoms with van der Waals surface area (Å²) in [4.78, 5) is 0. The molecule has 6 heteroatoms. The Balaban J connectivity index is 3.33. The van der Waals surface area contributed by atoms with E-state index in [0.717, 1.165) is 18.2 Å². The van der Waals surface area contributed by atoms with Crippen LogP contribution in [0.25, 0.3) is 0 Å². The molecule has 3 N–H and O–H groups in total. The molecule has 0 saturated carbocycles. The van der Waals surface area contributed by atoms with E-state index in [1.165, 1.54) is 0 Å². The lowest BCUT2D eigenvalue weighted by Crippen LogP contribution is -2.33. The number of alkyl halides is 3. The van der Waals surface area contributed by atoms with Crippen LogP contribution in [0, 0.1) is 11.7 Å². The van der Waals surface area contributed by atoms with Gasteiger partial charge in [-0.2, -0.15) is 13.2 Å². The molecule has 0 heterocycles. The van der Waals surface area contributed by atoms with Gasteiger partial charge in [0.15, 0.2) is 0 Å². The number of hydrogen-bond donors (Lipinski definition) is 2. The number of hydrogen-bond acceptors (Lipinski definition) is 2. The SMILES string of the molecule is CC(C)C(NN)c1cc(F)ccc1C(F)(F)F. The molecule has 1 aromatic rings. The summed E-state index contributed by atoms with van der Waals surface area (Å²) in [6, 6.07) is 1.65. The zero-order chi connectivity index (χ0) is 13.2. The Morgan fingerprint density at radius 1 is 1.24 bits per heavy atom. The minimum atomic E-state index is -4.52. The predicted molar refractivity (Wildman–Crippen MR) is 56.3 cm³/mol. The summed E-state index contributed by atoms with van der Waals surface area (Å²) in [5.74, 6) is 4.32. The smallest absolute Gasteiger partial charge is 0.271 e. The summed E-state index contributed by atoms with van der Waals surface area (Å²) in [5, 5.41) is 0. The van der Waals surface area contributed by atoms with Crippen LogP contribution in [0.3, 0.4) is 0 Å². The van der Waals surface area contributed by atoms with Gasteiger partial charge in [0.05, 0.1) is 5.56 Å². The molecule has 1 aromatic carbocycles. The monoisotopic (exact) mass is 250 g/mol. The fourth-order valence-corrected chi connectivity index (χ4v) is 1.69. The molecule has 0 aromatic heterocycles. The molecule has 2 nitrogen and oxygen atoms in total. The van der Waals surface area contributed by atoms with E-state index in [9.17, 15) is 17.6 Å². The van der Waals surface area contributed by atoms with Crippen LogP contribution >= 0.6 is 0 Å². The lowest BCUT2D eigenvalue weighted by Gasteiger charge is -2.24. The van der Waals surface area contributed by atoms with Crippen LogP contribution < -0.4 is 11.3 Å². The molecule has 17 heavy (non-hydrogen) atoms. The molecule has 96 valence electrons. The number of nitrogens with two attached hydrogens (primary N) is 1. The first-order valence-corrected chi connectivity index (χ1v) is 5.10. The Morgan fingerprint density at radius 3 is 2.24 bits per heavy atom. The second-order valence-corrected chi connectivity index (χ2v) is 4.12. The second kappa shape index (κ2) is 5.01. The van der Waals surface area contributed by atoms with E-state index in [0.29, 0.717) is 0 Å². The number of nitrogens with one attached hydrogen (secondary N) is 1. The van der Waals surface area contributed by atoms with E-state index in [1.807, 2.05) is 0 Å². The number of rotatable bonds is 3. The standard InChI is InChI=1S/C11H14F4N2/c1-6(2)10(17-16)8-5-7(12)3-4-9(8)11(13,14)15/h3-6,10,17H,16H2,1-2H3. The van der Waals surface area contributed by atoms with Crippen LogP contribution in [0.15, 0.2) is 18.2 Å². The summed E-state index contributed by atoms with van der Waals surface area (Å²) < 4.78 is 51.3. The van der Waals surface area contributed by atoms with Crippen molar-refractivity contribution in [1.29, 1.82) is 0 Å². The van der Waals surface area contributed by atoms with Crippen molar-refractivity contribution in [2.75, 3.05) is 0 Å². The van der Waals surface area contributed by atoms with Crippen molar-refractivity contribution in [3.8, 4) is 0 Å². The van der Waals surface area contributed by atoms with Crippen LogP contribution in [0.1, 0.15) is 31.0 Å². The molecule has 1 atom stereocenters. The highest BCUT2D eigenvalue weighted by molar-refractivity contribution is 5.33. The third-order valence-electron chi connectivity index (χ3n) is 2.50. The Kier molecular flexibility index (Phi) is 4.11. The number of benzene rings is 1. The molecule has 1 unspecified atom stereocenters. The lowest BCUT2D eigenvalue weighted by molar-refractivity contribution is -0.138. The maximum Gasteiger partial charge on any atom is 0.416 e. The van der Waals surface area contributed by atoms with E-state index in [1.54, 1.807) is 13.8 Å². The maximum atomic E-state index is 13.1. The van der Waals surface area contributed by atoms with Crippen LogP contribution in [-0.2, 0) is 6.18 Å². The molecule has 0 radical (unpaired) electrons. The van der Waals surface area contributed by atoms with Gasteiger partial charge in [-0.3, -0.25) is 11.3 Å². The number of hydrazine groups is 1. The van der Waals surface area contributed by atoms with E-state index in [2.05, 4.69) is 5.43 Å². The van der Waals surface area contributed by atoms with E-state index >= 15 is 0 Å². The topological polar surface area (TPSA) is 38.0 Å². The van der Waals surface area contributed by atoms with E-state index in [4.69, 9.17) is 5.84 Å². The van der Waals surface area contributed by atoms with Crippen LogP contribution in [0.5, 0.6) is 0 Å². The minimum Gasteiger partial charge on any atom is -0.271 e. The Morgan fingerprint density at radius 2 is 1.82 bits per heavy atom. The van der Waals surface area contributed by atoms with Gasteiger partial charge in [0.25, 0.3) is 0 Å². The average Bonchev–Trinajstić information content (AvgIpc) is 2.16. The van der Waals surface area contributed by atoms with Gasteiger partial charge in [0, 0.05) is 6.04 Å². The number of halogens is 4. The molecule has 1 rings (SSSR count). The fourth-order valence-electron chi connectivity index (χ4n) is 1.69. The van der Waals surface area contributed by atoms with Gasteiger partial charge in [-0.25, -0.2) is 4.39 Å². The third-order valence-corrected chi connectivity index (χ3v) is 2.50. The molecule has 0 aliphatic carbocycles. The average molecular weight is 250 g/mol. The predicted octanol–water partition coefficient (Wildman–Crippen LogP) is 3.00. The molecule has 0 bridgehead atoms. The lowest BCUT2D eigenvalue weighted by atomic mass is 9.92. The highest BCUT2D eigenvalue weighted by Crippen LogP contribution is 2.36. The first-order chi connectivity index (χ1) is 7.77. The van der Waals surface area contributed by atoms with E-state index in [-0.39, 0.29) is 11.5 Å². The molecular formula is C11H14F4N2. The molecule has 0 saturated heterocycles. The van der Waals surface area contributed by atoms with Crippen LogP contribution in [0.2, 0.25) is 0 Å². The van der Waals surface area contributed by atoms with Crippen LogP contribution in [-0.4, -0.2) is 0 Å². The van der Waals surface area contributed by atoms with Gasteiger partial charge in [0.2, 0.25) is 0 Å². The third kappa shape index (κ3) is 3.17.